The van der Waals surface area contributed by atoms with Crippen LogP contribution in [0, 0.1) is 13.8 Å². The van der Waals surface area contributed by atoms with Crippen molar-refractivity contribution in [1.29, 1.82) is 0 Å². The van der Waals surface area contributed by atoms with Crippen molar-refractivity contribution in [2.24, 2.45) is 0 Å². The van der Waals surface area contributed by atoms with Gasteiger partial charge in [-0.2, -0.15) is 0 Å². The summed E-state index contributed by atoms with van der Waals surface area (Å²) < 4.78 is 0. The van der Waals surface area contributed by atoms with Crippen LogP contribution in [0.25, 0.3) is 10.8 Å². The van der Waals surface area contributed by atoms with Crippen LogP contribution in [0.15, 0.2) is 72.9 Å². The second-order valence-corrected chi connectivity index (χ2v) is 8.74. The molecule has 1 aliphatic heterocycles. The molecule has 1 aliphatic rings. The quantitative estimate of drug-likeness (QED) is 0.417. The summed E-state index contributed by atoms with van der Waals surface area (Å²) in [6, 6.07) is 22.8. The van der Waals surface area contributed by atoms with E-state index in [1.165, 1.54) is 16.7 Å². The molecule has 4 nitrogen and oxygen atoms in total. The fraction of sp³-hybridized carbons (Fsp3) is 0.250. The van der Waals surface area contributed by atoms with Gasteiger partial charge >= 0.3 is 0 Å². The number of carbonyl (C=O) groups excluding carboxylic acids is 1. The first-order valence-corrected chi connectivity index (χ1v) is 11.3. The number of amides is 1. The van der Waals surface area contributed by atoms with Crippen LogP contribution >= 0.6 is 0 Å². The minimum atomic E-state index is -0.0144. The van der Waals surface area contributed by atoms with Gasteiger partial charge in [-0.15, -0.1) is 0 Å². The molecule has 1 unspecified atom stereocenters. The molecule has 2 aromatic heterocycles. The predicted octanol–water partition coefficient (Wildman–Crippen LogP) is 5.81. The van der Waals surface area contributed by atoms with Crippen molar-refractivity contribution >= 4 is 16.7 Å². The molecule has 0 N–H and O–H groups in total. The highest BCUT2D eigenvalue weighted by Gasteiger charge is 2.33. The molecule has 0 bridgehead atoms. The minimum Gasteiger partial charge on any atom is -0.329 e. The largest absolute Gasteiger partial charge is 0.329 e. The second kappa shape index (κ2) is 8.54. The smallest absolute Gasteiger partial charge is 0.273 e. The number of nitrogens with zero attached hydrogens (tertiary/aromatic N) is 3. The molecule has 0 saturated carbocycles. The lowest BCUT2D eigenvalue weighted by molar-refractivity contribution is 0.0729. The maximum Gasteiger partial charge on any atom is 0.273 e. The SMILES string of the molecule is Cc1cccc(Cc2cc(C)nc(C3CCCN3C(=O)c3nccc4ccccc34)c2)c1. The van der Waals surface area contributed by atoms with E-state index >= 15 is 0 Å². The van der Waals surface area contributed by atoms with Crippen molar-refractivity contribution in [2.75, 3.05) is 6.54 Å². The average Bonchev–Trinajstić information content (AvgIpc) is 3.28. The summed E-state index contributed by atoms with van der Waals surface area (Å²) in [6.07, 6.45) is 4.50. The highest BCUT2D eigenvalue weighted by molar-refractivity contribution is 6.05. The van der Waals surface area contributed by atoms with E-state index in [-0.39, 0.29) is 11.9 Å². The number of carbonyl (C=O) groups is 1. The van der Waals surface area contributed by atoms with Crippen molar-refractivity contribution in [3.63, 3.8) is 0 Å². The maximum atomic E-state index is 13.6. The fourth-order valence-corrected chi connectivity index (χ4v) is 4.84. The molecule has 32 heavy (non-hydrogen) atoms. The Labute approximate surface area is 189 Å². The third-order valence-corrected chi connectivity index (χ3v) is 6.26. The second-order valence-electron chi connectivity index (χ2n) is 8.74. The van der Waals surface area contributed by atoms with Gasteiger partial charge in [-0.1, -0.05) is 54.1 Å². The van der Waals surface area contributed by atoms with E-state index in [0.717, 1.165) is 48.0 Å². The van der Waals surface area contributed by atoms with Gasteiger partial charge in [-0.05, 0) is 67.8 Å². The summed E-state index contributed by atoms with van der Waals surface area (Å²) >= 11 is 0. The number of aryl methyl sites for hydroxylation is 2. The number of hydrogen-bond donors (Lipinski definition) is 0. The molecule has 4 aromatic rings. The predicted molar refractivity (Wildman–Crippen MR) is 128 cm³/mol. The van der Waals surface area contributed by atoms with Gasteiger partial charge in [0, 0.05) is 23.8 Å². The lowest BCUT2D eigenvalue weighted by Gasteiger charge is -2.25. The fourth-order valence-electron chi connectivity index (χ4n) is 4.84. The number of aromatic nitrogens is 2. The monoisotopic (exact) mass is 421 g/mol. The standard InChI is InChI=1S/C28H27N3O/c1-19-7-5-8-21(15-19)17-22-16-20(2)30-25(18-22)26-11-6-14-31(26)28(32)27-24-10-4-3-9-23(24)12-13-29-27/h3-5,7-10,12-13,15-16,18,26H,6,11,14,17H2,1-2H3. The van der Waals surface area contributed by atoms with Crippen molar-refractivity contribution < 1.29 is 4.79 Å². The molecule has 1 fully saturated rings. The molecule has 0 aliphatic carbocycles. The first-order valence-electron chi connectivity index (χ1n) is 11.3. The lowest BCUT2D eigenvalue weighted by Crippen LogP contribution is -2.32. The van der Waals surface area contributed by atoms with E-state index in [1.807, 2.05) is 42.2 Å². The lowest BCUT2D eigenvalue weighted by atomic mass is 10.0. The molecule has 5 rings (SSSR count). The Kier molecular flexibility index (Phi) is 5.44. The Morgan fingerprint density at radius 2 is 1.88 bits per heavy atom. The number of benzene rings is 2. The molecule has 3 heterocycles. The van der Waals surface area contributed by atoms with Crippen molar-refractivity contribution in [3.8, 4) is 0 Å². The van der Waals surface area contributed by atoms with Crippen LogP contribution in [0.5, 0.6) is 0 Å². The number of pyridine rings is 2. The molecule has 0 radical (unpaired) electrons. The van der Waals surface area contributed by atoms with Crippen LogP contribution in [0.3, 0.4) is 0 Å². The maximum absolute atomic E-state index is 13.6. The minimum absolute atomic E-state index is 0.00663. The van der Waals surface area contributed by atoms with Gasteiger partial charge in [0.2, 0.25) is 0 Å². The molecule has 1 amide bonds. The normalized spacial score (nSPS) is 15.9. The Bertz CT molecular complexity index is 1290. The summed E-state index contributed by atoms with van der Waals surface area (Å²) in [5.74, 6) is -0.00663. The zero-order chi connectivity index (χ0) is 22.1. The van der Waals surface area contributed by atoms with Gasteiger partial charge in [-0.25, -0.2) is 0 Å². The average molecular weight is 422 g/mol. The molecular weight excluding hydrogens is 394 g/mol. The molecule has 1 atom stereocenters. The van der Waals surface area contributed by atoms with E-state index in [1.54, 1.807) is 6.20 Å². The van der Waals surface area contributed by atoms with Gasteiger partial charge in [0.25, 0.3) is 5.91 Å². The van der Waals surface area contributed by atoms with E-state index < -0.39 is 0 Å². The van der Waals surface area contributed by atoms with Crippen molar-refractivity contribution in [3.05, 3.63) is 107 Å². The zero-order valence-electron chi connectivity index (χ0n) is 18.6. The molecule has 1 saturated heterocycles. The van der Waals surface area contributed by atoms with Gasteiger partial charge in [0.15, 0.2) is 0 Å². The Balaban J connectivity index is 1.46. The van der Waals surface area contributed by atoms with Crippen LogP contribution in [-0.4, -0.2) is 27.3 Å². The Hall–Kier alpha value is -3.53. The van der Waals surface area contributed by atoms with E-state index in [2.05, 4.69) is 48.3 Å². The molecule has 160 valence electrons. The number of fused-ring (bicyclic) bond motifs is 1. The van der Waals surface area contributed by atoms with Gasteiger partial charge in [0.1, 0.15) is 5.69 Å². The van der Waals surface area contributed by atoms with Crippen LogP contribution < -0.4 is 0 Å². The summed E-state index contributed by atoms with van der Waals surface area (Å²) in [6.45, 7) is 4.89. The van der Waals surface area contributed by atoms with Crippen molar-refractivity contribution in [2.45, 2.75) is 39.2 Å². The van der Waals surface area contributed by atoms with Crippen LogP contribution in [0.2, 0.25) is 0 Å². The Morgan fingerprint density at radius 1 is 1.00 bits per heavy atom. The number of likely N-dealkylation sites (tertiary alicyclic amines) is 1. The number of hydrogen-bond acceptors (Lipinski definition) is 3. The first-order chi connectivity index (χ1) is 15.6. The summed E-state index contributed by atoms with van der Waals surface area (Å²) in [5.41, 5.74) is 6.30. The molecular formula is C28H27N3O. The molecule has 0 spiro atoms. The van der Waals surface area contributed by atoms with Crippen LogP contribution in [0.1, 0.15) is 57.5 Å². The van der Waals surface area contributed by atoms with E-state index in [9.17, 15) is 4.79 Å². The summed E-state index contributed by atoms with van der Waals surface area (Å²) in [4.78, 5) is 24.9. The third-order valence-electron chi connectivity index (χ3n) is 6.26. The highest BCUT2D eigenvalue weighted by Crippen LogP contribution is 2.34. The zero-order valence-corrected chi connectivity index (χ0v) is 18.6. The third kappa shape index (κ3) is 4.01. The van der Waals surface area contributed by atoms with Gasteiger partial charge in [0.05, 0.1) is 11.7 Å². The van der Waals surface area contributed by atoms with Crippen LogP contribution in [0.4, 0.5) is 0 Å². The molecule has 2 aromatic carbocycles. The highest BCUT2D eigenvalue weighted by atomic mass is 16.2. The van der Waals surface area contributed by atoms with Crippen molar-refractivity contribution in [1.82, 2.24) is 14.9 Å². The molecule has 4 heteroatoms. The summed E-state index contributed by atoms with van der Waals surface area (Å²) in [5, 5.41) is 1.94. The Morgan fingerprint density at radius 3 is 2.75 bits per heavy atom. The first kappa shape index (κ1) is 20.4. The number of rotatable bonds is 4. The van der Waals surface area contributed by atoms with Gasteiger partial charge in [-0.3, -0.25) is 14.8 Å². The van der Waals surface area contributed by atoms with Crippen LogP contribution in [-0.2, 0) is 6.42 Å². The van der Waals surface area contributed by atoms with Gasteiger partial charge < -0.3 is 4.90 Å². The van der Waals surface area contributed by atoms with E-state index in [0.29, 0.717) is 5.69 Å². The van der Waals surface area contributed by atoms with E-state index in [4.69, 9.17) is 4.98 Å². The summed E-state index contributed by atoms with van der Waals surface area (Å²) in [7, 11) is 0. The topological polar surface area (TPSA) is 46.1 Å².